The van der Waals surface area contributed by atoms with Crippen LogP contribution in [0.4, 0.5) is 0 Å². The highest BCUT2D eigenvalue weighted by Gasteiger charge is 2.41. The number of nitrogens with one attached hydrogen (secondary N) is 2. The van der Waals surface area contributed by atoms with Gasteiger partial charge in [0.1, 0.15) is 12.1 Å². The number of hydrogen-bond donors (Lipinski definition) is 2. The fourth-order valence-electron chi connectivity index (χ4n) is 4.12. The van der Waals surface area contributed by atoms with Crippen LogP contribution in [0, 0.1) is 11.8 Å². The van der Waals surface area contributed by atoms with Crippen molar-refractivity contribution in [3.05, 3.63) is 71.3 Å². The maximum Gasteiger partial charge on any atom is 0.247 e. The summed E-state index contributed by atoms with van der Waals surface area (Å²) >= 11 is 0. The second kappa shape index (κ2) is 11.1. The number of carbonyl (C=O) groups is 3. The molecule has 0 radical (unpaired) electrons. The zero-order valence-corrected chi connectivity index (χ0v) is 20.0. The predicted octanol–water partition coefficient (Wildman–Crippen LogP) is 3.62. The predicted molar refractivity (Wildman–Crippen MR) is 129 cm³/mol. The molecule has 0 fully saturated rings. The quantitative estimate of drug-likeness (QED) is 0.614. The second-order valence-corrected chi connectivity index (χ2v) is 9.13. The molecule has 3 rings (SSSR count). The van der Waals surface area contributed by atoms with E-state index in [-0.39, 0.29) is 29.6 Å². The third-order valence-electron chi connectivity index (χ3n) is 6.38. The van der Waals surface area contributed by atoms with Crippen molar-refractivity contribution in [3.8, 4) is 0 Å². The van der Waals surface area contributed by atoms with Crippen LogP contribution < -0.4 is 10.6 Å². The lowest BCUT2D eigenvalue weighted by atomic mass is 9.99. The first-order valence-electron chi connectivity index (χ1n) is 11.8. The van der Waals surface area contributed by atoms with Crippen LogP contribution in [-0.2, 0) is 27.3 Å². The lowest BCUT2D eigenvalue weighted by molar-refractivity contribution is -0.144. The molecule has 33 heavy (non-hydrogen) atoms. The van der Waals surface area contributed by atoms with Crippen molar-refractivity contribution < 1.29 is 14.4 Å². The van der Waals surface area contributed by atoms with Gasteiger partial charge in [0.2, 0.25) is 17.7 Å². The Morgan fingerprint density at radius 3 is 2.33 bits per heavy atom. The molecule has 0 spiro atoms. The summed E-state index contributed by atoms with van der Waals surface area (Å²) in [6.45, 7) is 8.47. The number of rotatable bonds is 9. The summed E-state index contributed by atoms with van der Waals surface area (Å²) < 4.78 is 0. The van der Waals surface area contributed by atoms with Crippen LogP contribution in [0.2, 0.25) is 0 Å². The Balaban J connectivity index is 1.78. The molecule has 6 nitrogen and oxygen atoms in total. The standard InChI is InChI=1S/C27H35N3O3/c1-5-19(4)25(31)29-23(18(2)3)27(33)30-17-21-13-9-10-14-22(21)24(30)26(32)28-16-15-20-11-7-6-8-12-20/h6-14,18-19,23-24H,5,15-17H2,1-4H3,(H,28,32)(H,29,31)/t19-,23+,24?/m1/s1. The van der Waals surface area contributed by atoms with Crippen LogP contribution in [0.5, 0.6) is 0 Å². The topological polar surface area (TPSA) is 78.5 Å². The highest BCUT2D eigenvalue weighted by molar-refractivity contribution is 5.94. The van der Waals surface area contributed by atoms with Crippen molar-refractivity contribution in [2.75, 3.05) is 6.54 Å². The molecule has 2 aromatic rings. The summed E-state index contributed by atoms with van der Waals surface area (Å²) in [4.78, 5) is 41.1. The molecule has 0 aromatic heterocycles. The average Bonchev–Trinajstić information content (AvgIpc) is 3.21. The van der Waals surface area contributed by atoms with E-state index in [4.69, 9.17) is 0 Å². The Morgan fingerprint density at radius 1 is 1.00 bits per heavy atom. The Hall–Kier alpha value is -3.15. The van der Waals surface area contributed by atoms with E-state index in [1.807, 2.05) is 82.3 Å². The van der Waals surface area contributed by atoms with Crippen molar-refractivity contribution in [3.63, 3.8) is 0 Å². The third-order valence-corrected chi connectivity index (χ3v) is 6.38. The summed E-state index contributed by atoms with van der Waals surface area (Å²) in [7, 11) is 0. The summed E-state index contributed by atoms with van der Waals surface area (Å²) in [5, 5.41) is 5.95. The van der Waals surface area contributed by atoms with E-state index in [1.165, 1.54) is 0 Å². The van der Waals surface area contributed by atoms with Crippen LogP contribution in [0.15, 0.2) is 54.6 Å². The van der Waals surface area contributed by atoms with E-state index in [2.05, 4.69) is 10.6 Å². The first kappa shape index (κ1) is 24.5. The van der Waals surface area contributed by atoms with E-state index >= 15 is 0 Å². The Labute approximate surface area is 196 Å². The van der Waals surface area contributed by atoms with Crippen LogP contribution >= 0.6 is 0 Å². The molecule has 2 N–H and O–H groups in total. The summed E-state index contributed by atoms with van der Waals surface area (Å²) in [5.41, 5.74) is 2.95. The van der Waals surface area contributed by atoms with Gasteiger partial charge in [-0.1, -0.05) is 82.3 Å². The largest absolute Gasteiger partial charge is 0.354 e. The van der Waals surface area contributed by atoms with Gasteiger partial charge in [0, 0.05) is 19.0 Å². The van der Waals surface area contributed by atoms with Crippen LogP contribution in [0.3, 0.4) is 0 Å². The zero-order chi connectivity index (χ0) is 24.0. The second-order valence-electron chi connectivity index (χ2n) is 9.13. The van der Waals surface area contributed by atoms with Gasteiger partial charge in [-0.2, -0.15) is 0 Å². The first-order chi connectivity index (χ1) is 15.8. The zero-order valence-electron chi connectivity index (χ0n) is 20.0. The molecule has 1 unspecified atom stereocenters. The molecule has 3 amide bonds. The van der Waals surface area contributed by atoms with Gasteiger partial charge in [0.25, 0.3) is 0 Å². The summed E-state index contributed by atoms with van der Waals surface area (Å²) in [6, 6.07) is 16.3. The van der Waals surface area contributed by atoms with E-state index in [9.17, 15) is 14.4 Å². The molecule has 1 aliphatic rings. The Kier molecular flexibility index (Phi) is 8.26. The minimum Gasteiger partial charge on any atom is -0.354 e. The molecular formula is C27H35N3O3. The van der Waals surface area contributed by atoms with Crippen LogP contribution in [0.25, 0.3) is 0 Å². The van der Waals surface area contributed by atoms with Crippen molar-refractivity contribution in [1.29, 1.82) is 0 Å². The molecule has 0 saturated heterocycles. The van der Waals surface area contributed by atoms with Gasteiger partial charge >= 0.3 is 0 Å². The van der Waals surface area contributed by atoms with Crippen molar-refractivity contribution in [2.45, 2.75) is 59.2 Å². The Bertz CT molecular complexity index is 974. The van der Waals surface area contributed by atoms with Gasteiger partial charge in [-0.15, -0.1) is 0 Å². The van der Waals surface area contributed by atoms with Crippen LogP contribution in [0.1, 0.15) is 56.8 Å². The number of nitrogens with zero attached hydrogens (tertiary/aromatic N) is 1. The van der Waals surface area contributed by atoms with Crippen molar-refractivity contribution >= 4 is 17.7 Å². The molecule has 0 saturated carbocycles. The van der Waals surface area contributed by atoms with Crippen molar-refractivity contribution in [2.24, 2.45) is 11.8 Å². The molecule has 1 aliphatic heterocycles. The SMILES string of the molecule is CC[C@@H](C)C(=O)N[C@H](C(=O)N1Cc2ccccc2C1C(=O)NCCc1ccccc1)C(C)C. The third kappa shape index (κ3) is 5.81. The molecular weight excluding hydrogens is 414 g/mol. The van der Waals surface area contributed by atoms with Gasteiger partial charge in [-0.05, 0) is 35.4 Å². The molecule has 2 aromatic carbocycles. The fourth-order valence-corrected chi connectivity index (χ4v) is 4.12. The van der Waals surface area contributed by atoms with E-state index in [0.29, 0.717) is 25.9 Å². The number of fused-ring (bicyclic) bond motifs is 1. The van der Waals surface area contributed by atoms with Crippen LogP contribution in [-0.4, -0.2) is 35.2 Å². The van der Waals surface area contributed by atoms with Gasteiger partial charge in [0.15, 0.2) is 0 Å². The molecule has 6 heteroatoms. The number of hydrogen-bond acceptors (Lipinski definition) is 3. The highest BCUT2D eigenvalue weighted by Crippen LogP contribution is 2.34. The van der Waals surface area contributed by atoms with Gasteiger partial charge in [-0.3, -0.25) is 14.4 Å². The van der Waals surface area contributed by atoms with E-state index in [0.717, 1.165) is 16.7 Å². The molecule has 3 atom stereocenters. The van der Waals surface area contributed by atoms with E-state index in [1.54, 1.807) is 4.90 Å². The number of carbonyl (C=O) groups excluding carboxylic acids is 3. The number of benzene rings is 2. The van der Waals surface area contributed by atoms with Crippen molar-refractivity contribution in [1.82, 2.24) is 15.5 Å². The molecule has 176 valence electrons. The smallest absolute Gasteiger partial charge is 0.247 e. The lowest BCUT2D eigenvalue weighted by Gasteiger charge is -2.31. The molecule has 0 aliphatic carbocycles. The highest BCUT2D eigenvalue weighted by atomic mass is 16.2. The summed E-state index contributed by atoms with van der Waals surface area (Å²) in [6.07, 6.45) is 1.42. The maximum atomic E-state index is 13.6. The first-order valence-corrected chi connectivity index (χ1v) is 11.8. The van der Waals surface area contributed by atoms with E-state index < -0.39 is 12.1 Å². The van der Waals surface area contributed by atoms with Gasteiger partial charge in [0.05, 0.1) is 0 Å². The fraction of sp³-hybridized carbons (Fsp3) is 0.444. The normalized spacial score (nSPS) is 16.8. The van der Waals surface area contributed by atoms with Gasteiger partial charge < -0.3 is 15.5 Å². The minimum atomic E-state index is -0.703. The monoisotopic (exact) mass is 449 g/mol. The lowest BCUT2D eigenvalue weighted by Crippen LogP contribution is -2.53. The molecule has 0 bridgehead atoms. The Morgan fingerprint density at radius 2 is 1.67 bits per heavy atom. The minimum absolute atomic E-state index is 0.101. The molecule has 1 heterocycles. The summed E-state index contributed by atoms with van der Waals surface area (Å²) in [5.74, 6) is -0.825. The van der Waals surface area contributed by atoms with Gasteiger partial charge in [-0.25, -0.2) is 0 Å². The average molecular weight is 450 g/mol. The number of amides is 3. The maximum absolute atomic E-state index is 13.6.